The van der Waals surface area contributed by atoms with Gasteiger partial charge >= 0.3 is 5.97 Å². The summed E-state index contributed by atoms with van der Waals surface area (Å²) >= 11 is 0. The van der Waals surface area contributed by atoms with E-state index in [1.54, 1.807) is 0 Å². The molecular formula is C13H17NO3. The molecule has 1 amide bonds. The minimum Gasteiger partial charge on any atom is -0.480 e. The lowest BCUT2D eigenvalue weighted by Gasteiger charge is -2.12. The summed E-state index contributed by atoms with van der Waals surface area (Å²) in [5.41, 5.74) is 1.18. The number of hydrogen-bond acceptors (Lipinski definition) is 2. The Morgan fingerprint density at radius 3 is 2.47 bits per heavy atom. The van der Waals surface area contributed by atoms with Crippen molar-refractivity contribution in [3.8, 4) is 0 Å². The third kappa shape index (κ3) is 5.15. The molecule has 0 heterocycles. The van der Waals surface area contributed by atoms with Crippen LogP contribution in [0.2, 0.25) is 0 Å². The highest BCUT2D eigenvalue weighted by atomic mass is 16.4. The van der Waals surface area contributed by atoms with Crippen LogP contribution in [0.1, 0.15) is 25.3 Å². The van der Waals surface area contributed by atoms with Gasteiger partial charge in [-0.05, 0) is 24.8 Å². The van der Waals surface area contributed by atoms with Gasteiger partial charge in [-0.1, -0.05) is 30.3 Å². The van der Waals surface area contributed by atoms with Gasteiger partial charge in [0.1, 0.15) is 6.04 Å². The van der Waals surface area contributed by atoms with Crippen LogP contribution in [0.25, 0.3) is 0 Å². The summed E-state index contributed by atoms with van der Waals surface area (Å²) in [4.78, 5) is 21.7. The molecular weight excluding hydrogens is 218 g/mol. The number of carbonyl (C=O) groups is 2. The van der Waals surface area contributed by atoms with Crippen LogP contribution in [0, 0.1) is 0 Å². The first-order valence-corrected chi connectivity index (χ1v) is 5.63. The quantitative estimate of drug-likeness (QED) is 0.787. The van der Waals surface area contributed by atoms with Gasteiger partial charge in [0.05, 0.1) is 0 Å². The van der Waals surface area contributed by atoms with Gasteiger partial charge in [0.2, 0.25) is 5.91 Å². The molecule has 0 bridgehead atoms. The number of rotatable bonds is 6. The van der Waals surface area contributed by atoms with E-state index in [9.17, 15) is 9.59 Å². The van der Waals surface area contributed by atoms with Crippen LogP contribution in [-0.2, 0) is 16.0 Å². The molecule has 1 aromatic carbocycles. The molecule has 0 spiro atoms. The highest BCUT2D eigenvalue weighted by Crippen LogP contribution is 2.06. The number of carboxylic acids is 1. The number of aryl methyl sites for hydroxylation is 1. The second-order valence-electron chi connectivity index (χ2n) is 3.97. The minimum atomic E-state index is -0.978. The average molecular weight is 235 g/mol. The first kappa shape index (κ1) is 13.2. The topological polar surface area (TPSA) is 66.4 Å². The fraction of sp³-hybridized carbons (Fsp3) is 0.385. The number of aliphatic carboxylic acids is 1. The molecule has 0 fully saturated rings. The van der Waals surface area contributed by atoms with Gasteiger partial charge in [-0.3, -0.25) is 4.79 Å². The molecule has 0 saturated heterocycles. The van der Waals surface area contributed by atoms with Crippen molar-refractivity contribution in [2.24, 2.45) is 0 Å². The first-order valence-electron chi connectivity index (χ1n) is 5.63. The lowest BCUT2D eigenvalue weighted by molar-refractivity contribution is -0.141. The maximum Gasteiger partial charge on any atom is 0.326 e. The maximum atomic E-state index is 10.9. The van der Waals surface area contributed by atoms with E-state index in [4.69, 9.17) is 5.11 Å². The van der Waals surface area contributed by atoms with E-state index in [0.717, 1.165) is 12.8 Å². The van der Waals surface area contributed by atoms with E-state index in [2.05, 4.69) is 5.32 Å². The van der Waals surface area contributed by atoms with Crippen molar-refractivity contribution in [2.75, 3.05) is 0 Å². The standard InChI is InChI=1S/C13H17NO3/c1-10(15)14-12(13(16)17)9-5-8-11-6-3-2-4-7-11/h2-4,6-7,12H,5,8-9H2,1H3,(H,14,15)(H,16,17)/t12-/m1/s1. The van der Waals surface area contributed by atoms with Crippen LogP contribution >= 0.6 is 0 Å². The van der Waals surface area contributed by atoms with E-state index in [0.29, 0.717) is 6.42 Å². The normalized spacial score (nSPS) is 11.8. The first-order chi connectivity index (χ1) is 8.09. The fourth-order valence-corrected chi connectivity index (χ4v) is 1.66. The summed E-state index contributed by atoms with van der Waals surface area (Å²) in [7, 11) is 0. The van der Waals surface area contributed by atoms with Gasteiger partial charge in [0, 0.05) is 6.92 Å². The summed E-state index contributed by atoms with van der Waals surface area (Å²) < 4.78 is 0. The molecule has 0 saturated carbocycles. The van der Waals surface area contributed by atoms with Crippen LogP contribution in [0.4, 0.5) is 0 Å². The summed E-state index contributed by atoms with van der Waals surface area (Å²) in [6.45, 7) is 1.33. The number of amides is 1. The highest BCUT2D eigenvalue weighted by Gasteiger charge is 2.17. The fourth-order valence-electron chi connectivity index (χ4n) is 1.66. The van der Waals surface area contributed by atoms with Crippen LogP contribution in [-0.4, -0.2) is 23.0 Å². The van der Waals surface area contributed by atoms with Crippen molar-refractivity contribution >= 4 is 11.9 Å². The molecule has 0 radical (unpaired) electrons. The summed E-state index contributed by atoms with van der Waals surface area (Å²) in [6, 6.07) is 9.09. The molecule has 92 valence electrons. The SMILES string of the molecule is CC(=O)N[C@H](CCCc1ccccc1)C(=O)O. The molecule has 4 nitrogen and oxygen atoms in total. The second kappa shape index (κ2) is 6.68. The summed E-state index contributed by atoms with van der Waals surface area (Å²) in [5.74, 6) is -1.29. The number of hydrogen-bond donors (Lipinski definition) is 2. The van der Waals surface area contributed by atoms with Gasteiger partial charge in [-0.15, -0.1) is 0 Å². The van der Waals surface area contributed by atoms with Crippen LogP contribution in [0.3, 0.4) is 0 Å². The Hall–Kier alpha value is -1.84. The van der Waals surface area contributed by atoms with Crippen molar-refractivity contribution in [1.82, 2.24) is 5.32 Å². The third-order valence-electron chi connectivity index (χ3n) is 2.48. The number of nitrogens with one attached hydrogen (secondary N) is 1. The van der Waals surface area contributed by atoms with E-state index >= 15 is 0 Å². The Morgan fingerprint density at radius 1 is 1.29 bits per heavy atom. The predicted molar refractivity (Wildman–Crippen MR) is 64.6 cm³/mol. The number of carbonyl (C=O) groups excluding carboxylic acids is 1. The van der Waals surface area contributed by atoms with Crippen molar-refractivity contribution in [3.05, 3.63) is 35.9 Å². The molecule has 1 rings (SSSR count). The number of carboxylic acid groups (broad SMARTS) is 1. The monoisotopic (exact) mass is 235 g/mol. The zero-order valence-corrected chi connectivity index (χ0v) is 9.85. The van der Waals surface area contributed by atoms with Crippen LogP contribution in [0.15, 0.2) is 30.3 Å². The molecule has 17 heavy (non-hydrogen) atoms. The Morgan fingerprint density at radius 2 is 1.94 bits per heavy atom. The van der Waals surface area contributed by atoms with Crippen molar-refractivity contribution in [3.63, 3.8) is 0 Å². The van der Waals surface area contributed by atoms with E-state index < -0.39 is 12.0 Å². The summed E-state index contributed by atoms with van der Waals surface area (Å²) in [6.07, 6.45) is 2.01. The molecule has 1 aromatic rings. The molecule has 0 aliphatic rings. The van der Waals surface area contributed by atoms with Gasteiger partial charge < -0.3 is 10.4 Å². The van der Waals surface area contributed by atoms with Gasteiger partial charge in [-0.25, -0.2) is 4.79 Å². The Kier molecular flexibility index (Phi) is 5.20. The average Bonchev–Trinajstić information content (AvgIpc) is 2.28. The smallest absolute Gasteiger partial charge is 0.326 e. The van der Waals surface area contributed by atoms with E-state index in [1.165, 1.54) is 12.5 Å². The molecule has 0 aliphatic carbocycles. The highest BCUT2D eigenvalue weighted by molar-refractivity contribution is 5.81. The lowest BCUT2D eigenvalue weighted by Crippen LogP contribution is -2.39. The van der Waals surface area contributed by atoms with Crippen molar-refractivity contribution in [2.45, 2.75) is 32.2 Å². The largest absolute Gasteiger partial charge is 0.480 e. The van der Waals surface area contributed by atoms with Crippen molar-refractivity contribution in [1.29, 1.82) is 0 Å². The molecule has 0 aliphatic heterocycles. The molecule has 2 N–H and O–H groups in total. The van der Waals surface area contributed by atoms with Crippen LogP contribution in [0.5, 0.6) is 0 Å². The van der Waals surface area contributed by atoms with Crippen molar-refractivity contribution < 1.29 is 14.7 Å². The Bertz CT molecular complexity index is 376. The molecule has 0 aromatic heterocycles. The maximum absolute atomic E-state index is 10.9. The minimum absolute atomic E-state index is 0.308. The Balaban J connectivity index is 2.37. The van der Waals surface area contributed by atoms with E-state index in [-0.39, 0.29) is 5.91 Å². The number of benzene rings is 1. The van der Waals surface area contributed by atoms with Gasteiger partial charge in [-0.2, -0.15) is 0 Å². The second-order valence-corrected chi connectivity index (χ2v) is 3.97. The lowest BCUT2D eigenvalue weighted by atomic mass is 10.0. The van der Waals surface area contributed by atoms with Crippen LogP contribution < -0.4 is 5.32 Å². The molecule has 4 heteroatoms. The predicted octanol–water partition coefficient (Wildman–Crippen LogP) is 1.60. The third-order valence-corrected chi connectivity index (χ3v) is 2.48. The Labute approximate surface area is 101 Å². The molecule has 0 unspecified atom stereocenters. The van der Waals surface area contributed by atoms with Gasteiger partial charge in [0.15, 0.2) is 0 Å². The van der Waals surface area contributed by atoms with Gasteiger partial charge in [0.25, 0.3) is 0 Å². The molecule has 1 atom stereocenters. The van der Waals surface area contributed by atoms with E-state index in [1.807, 2.05) is 30.3 Å². The summed E-state index contributed by atoms with van der Waals surface area (Å²) in [5, 5.41) is 11.3. The zero-order valence-electron chi connectivity index (χ0n) is 9.85. The zero-order chi connectivity index (χ0) is 12.7.